The number of ether oxygens (including phenoxy) is 4. The van der Waals surface area contributed by atoms with Gasteiger partial charge >= 0.3 is 30.9 Å². The lowest BCUT2D eigenvalue weighted by atomic mass is 9.68. The number of hydrogen-bond acceptors (Lipinski definition) is 15. The van der Waals surface area contributed by atoms with Crippen molar-refractivity contribution in [3.8, 4) is 22.6 Å². The smallest absolute Gasteiger partial charge is 0.400 e. The highest BCUT2D eigenvalue weighted by atomic mass is 32.3. The first kappa shape index (κ1) is 53.2. The van der Waals surface area contributed by atoms with Crippen LogP contribution in [0.4, 0.5) is 0 Å². The van der Waals surface area contributed by atoms with Crippen LogP contribution in [-0.2, 0) is 66.7 Å². The molecule has 15 nitrogen and oxygen atoms in total. The Balaban J connectivity index is 0.00000204. The fraction of sp³-hybridized carbons (Fsp3) is 0.442. The minimum atomic E-state index is -4.58. The van der Waals surface area contributed by atoms with Crippen LogP contribution in [0.2, 0.25) is 0 Å². The van der Waals surface area contributed by atoms with Crippen molar-refractivity contribution in [1.29, 1.82) is 0 Å². The third kappa shape index (κ3) is 13.5. The van der Waals surface area contributed by atoms with Crippen molar-refractivity contribution in [3.05, 3.63) is 119 Å². The normalized spacial score (nSPS) is 14.2. The van der Waals surface area contributed by atoms with Gasteiger partial charge in [-0.25, -0.2) is 8.37 Å². The van der Waals surface area contributed by atoms with Gasteiger partial charge in [0.05, 0.1) is 47.1 Å². The lowest BCUT2D eigenvalue weighted by Gasteiger charge is -2.34. The van der Waals surface area contributed by atoms with Gasteiger partial charge in [-0.15, -0.1) is 0 Å². The summed E-state index contributed by atoms with van der Waals surface area (Å²) in [6, 6.07) is 31.7. The molecule has 0 radical (unpaired) electrons. The SMILES string of the molecule is CC.CC.CC.CCC(COC(OCC(COc1ccc(C2(c3ccc(OC)cc3)c3ccccc3-c3ccccc32)cc1)OS(=O)(=O)OC)S(=O)(=O)OC)OS(=O)(=O)OC. The Labute approximate surface area is 362 Å². The predicted molar refractivity (Wildman–Crippen MR) is 233 cm³/mol. The van der Waals surface area contributed by atoms with Gasteiger partial charge in [-0.2, -0.15) is 25.3 Å². The zero-order chi connectivity index (χ0) is 45.9. The molecule has 61 heavy (non-hydrogen) atoms. The van der Waals surface area contributed by atoms with E-state index in [2.05, 4.69) is 36.8 Å². The highest BCUT2D eigenvalue weighted by Crippen LogP contribution is 2.56. The number of fused-ring (bicyclic) bond motifs is 3. The van der Waals surface area contributed by atoms with Crippen molar-refractivity contribution in [2.75, 3.05) is 48.3 Å². The number of benzene rings is 4. The van der Waals surface area contributed by atoms with E-state index in [0.29, 0.717) is 11.5 Å². The van der Waals surface area contributed by atoms with Crippen LogP contribution in [0.15, 0.2) is 97.1 Å². The maximum Gasteiger partial charge on any atom is 0.400 e. The monoisotopic (exact) mass is 912 g/mol. The second kappa shape index (κ2) is 25.2. The van der Waals surface area contributed by atoms with Crippen LogP contribution in [0.3, 0.4) is 0 Å². The van der Waals surface area contributed by atoms with E-state index in [-0.39, 0.29) is 6.42 Å². The molecule has 0 aromatic heterocycles. The van der Waals surface area contributed by atoms with Crippen molar-refractivity contribution in [2.24, 2.45) is 0 Å². The molecule has 3 unspecified atom stereocenters. The zero-order valence-corrected chi connectivity index (χ0v) is 39.1. The second-order valence-electron chi connectivity index (χ2n) is 12.0. The topological polar surface area (TPSA) is 185 Å². The summed E-state index contributed by atoms with van der Waals surface area (Å²) < 4.78 is 119. The molecule has 18 heteroatoms. The molecule has 0 saturated carbocycles. The van der Waals surface area contributed by atoms with E-state index in [1.54, 1.807) is 26.2 Å². The minimum absolute atomic E-state index is 0.0764. The number of hydrogen-bond donors (Lipinski definition) is 0. The molecule has 4 aromatic carbocycles. The fourth-order valence-corrected chi connectivity index (χ4v) is 8.02. The van der Waals surface area contributed by atoms with E-state index in [4.69, 9.17) is 27.3 Å². The second-order valence-corrected chi connectivity index (χ2v) is 16.4. The van der Waals surface area contributed by atoms with Crippen LogP contribution in [0, 0.1) is 0 Å². The molecule has 0 heterocycles. The van der Waals surface area contributed by atoms with Crippen LogP contribution in [-0.4, -0.2) is 91.3 Å². The van der Waals surface area contributed by atoms with E-state index in [1.165, 1.54) is 0 Å². The van der Waals surface area contributed by atoms with Gasteiger partial charge in [0.15, 0.2) is 0 Å². The first-order chi connectivity index (χ1) is 29.2. The third-order valence-electron chi connectivity index (χ3n) is 8.87. The lowest BCUT2D eigenvalue weighted by molar-refractivity contribution is -0.126. The molecule has 1 aliphatic carbocycles. The summed E-state index contributed by atoms with van der Waals surface area (Å²) >= 11 is 0. The summed E-state index contributed by atoms with van der Waals surface area (Å²) in [7, 11) is -9.29. The van der Waals surface area contributed by atoms with Gasteiger partial charge in [0.1, 0.15) is 30.3 Å². The zero-order valence-electron chi connectivity index (χ0n) is 36.6. The van der Waals surface area contributed by atoms with Crippen molar-refractivity contribution >= 4 is 30.9 Å². The summed E-state index contributed by atoms with van der Waals surface area (Å²) in [4.78, 5) is 0. The Morgan fingerprint density at radius 1 is 0.508 bits per heavy atom. The van der Waals surface area contributed by atoms with Crippen molar-refractivity contribution in [3.63, 3.8) is 0 Å². The molecular weight excluding hydrogens is 853 g/mol. The van der Waals surface area contributed by atoms with Gasteiger partial charge in [-0.1, -0.05) is 121 Å². The maximum atomic E-state index is 12.7. The van der Waals surface area contributed by atoms with Crippen LogP contribution in [0.5, 0.6) is 11.5 Å². The van der Waals surface area contributed by atoms with E-state index in [9.17, 15) is 25.3 Å². The predicted octanol–water partition coefficient (Wildman–Crippen LogP) is 7.77. The molecule has 0 fully saturated rings. The quantitative estimate of drug-likeness (QED) is 0.0513. The summed E-state index contributed by atoms with van der Waals surface area (Å²) in [5.41, 5.74) is 3.46. The third-order valence-corrected chi connectivity index (χ3v) is 11.9. The van der Waals surface area contributed by atoms with E-state index in [1.807, 2.05) is 102 Å². The first-order valence-electron chi connectivity index (χ1n) is 19.8. The van der Waals surface area contributed by atoms with Gasteiger partial charge in [0.2, 0.25) is 0 Å². The highest BCUT2D eigenvalue weighted by molar-refractivity contribution is 7.87. The molecule has 0 N–H and O–H groups in total. The number of methoxy groups -OCH3 is 1. The molecule has 0 amide bonds. The largest absolute Gasteiger partial charge is 0.497 e. The molecule has 340 valence electrons. The van der Waals surface area contributed by atoms with Gasteiger partial charge in [0, 0.05) is 0 Å². The van der Waals surface area contributed by atoms with E-state index >= 15 is 0 Å². The average molecular weight is 913 g/mol. The fourth-order valence-electron chi connectivity index (χ4n) is 6.25. The Hall–Kier alpha value is -3.95. The lowest BCUT2D eigenvalue weighted by Crippen LogP contribution is -2.37. The summed E-state index contributed by atoms with van der Waals surface area (Å²) in [6.07, 6.45) is -2.55. The van der Waals surface area contributed by atoms with Crippen LogP contribution < -0.4 is 9.47 Å². The van der Waals surface area contributed by atoms with Gasteiger partial charge in [0.25, 0.3) is 5.62 Å². The van der Waals surface area contributed by atoms with E-state index in [0.717, 1.165) is 54.7 Å². The first-order valence-corrected chi connectivity index (χ1v) is 23.9. The Kier molecular flexibility index (Phi) is 22.0. The molecule has 3 atom stereocenters. The van der Waals surface area contributed by atoms with Crippen molar-refractivity contribution in [2.45, 2.75) is 78.1 Å². The Bertz CT molecular complexity index is 2180. The standard InChI is InChI=1S/C37H42O15S3.3C2H6/c1-6-28(51-54(40,41)46-4)23-49-36(53(38,39)45-3)50-25-31(52-55(42,43)47-5)24-48-30-21-17-27(18-22-30)37(26-15-19-29(44-2)20-16-26)34-13-9-7-11-32(34)33-12-8-10-14-35(33)37;3*1-2/h7-22,28,31,36H,6,23-25H2,1-5H3;3*1-2H3. The summed E-state index contributed by atoms with van der Waals surface area (Å²) in [5.74, 6) is 1.05. The highest BCUT2D eigenvalue weighted by Gasteiger charge is 2.46. The summed E-state index contributed by atoms with van der Waals surface area (Å²) in [6.45, 7) is 11.8. The van der Waals surface area contributed by atoms with Crippen LogP contribution in [0.1, 0.15) is 77.1 Å². The molecule has 0 spiro atoms. The van der Waals surface area contributed by atoms with Crippen LogP contribution >= 0.6 is 0 Å². The van der Waals surface area contributed by atoms with Gasteiger partial charge < -0.3 is 18.9 Å². The molecule has 5 rings (SSSR count). The molecular formula is C43H60O15S3. The van der Waals surface area contributed by atoms with Crippen LogP contribution in [0.25, 0.3) is 11.1 Å². The van der Waals surface area contributed by atoms with Crippen molar-refractivity contribution in [1.82, 2.24) is 0 Å². The molecule has 1 aliphatic rings. The van der Waals surface area contributed by atoms with E-state index < -0.39 is 74.0 Å². The molecule has 0 aliphatic heterocycles. The Morgan fingerprint density at radius 3 is 1.33 bits per heavy atom. The maximum absolute atomic E-state index is 12.7. The molecule has 0 saturated heterocycles. The molecule has 4 aromatic rings. The Morgan fingerprint density at radius 2 is 0.918 bits per heavy atom. The van der Waals surface area contributed by atoms with Crippen molar-refractivity contribution < 1.29 is 65.1 Å². The minimum Gasteiger partial charge on any atom is -0.497 e. The molecule has 0 bridgehead atoms. The van der Waals surface area contributed by atoms with Gasteiger partial charge in [-0.05, 0) is 64.1 Å². The van der Waals surface area contributed by atoms with Gasteiger partial charge in [-0.3, -0.25) is 12.5 Å². The summed E-state index contributed by atoms with van der Waals surface area (Å²) in [5, 5.41) is 0. The average Bonchev–Trinajstić information content (AvgIpc) is 3.60. The number of rotatable bonds is 21.